The van der Waals surface area contributed by atoms with Gasteiger partial charge in [-0.15, -0.1) is 0 Å². The molecule has 0 aliphatic heterocycles. The third-order valence-electron chi connectivity index (χ3n) is 6.12. The predicted molar refractivity (Wildman–Crippen MR) is 100 cm³/mol. The lowest BCUT2D eigenvalue weighted by atomic mass is 9.58. The van der Waals surface area contributed by atoms with E-state index < -0.39 is 5.67 Å². The van der Waals surface area contributed by atoms with Gasteiger partial charge in [-0.2, -0.15) is 4.98 Å². The Hall–Kier alpha value is -1.76. The van der Waals surface area contributed by atoms with E-state index in [0.29, 0.717) is 17.7 Å². The number of hydrogen-bond acceptors (Lipinski definition) is 6. The second-order valence-electron chi connectivity index (χ2n) is 8.42. The molecule has 0 spiro atoms. The summed E-state index contributed by atoms with van der Waals surface area (Å²) in [4.78, 5) is 12.6. The van der Waals surface area contributed by atoms with Crippen molar-refractivity contribution in [3.63, 3.8) is 0 Å². The number of rotatable bonds is 5. The van der Waals surface area contributed by atoms with Gasteiger partial charge in [0.05, 0.1) is 0 Å². The molecule has 2 fully saturated rings. The zero-order chi connectivity index (χ0) is 19.1. The number of hydrogen-bond donors (Lipinski definition) is 1. The van der Waals surface area contributed by atoms with Crippen molar-refractivity contribution in [3.8, 4) is 0 Å². The molecule has 2 heterocycles. The lowest BCUT2D eigenvalue weighted by Crippen LogP contribution is -2.43. The molecule has 146 valence electrons. The van der Waals surface area contributed by atoms with Gasteiger partial charge in [-0.25, -0.2) is 14.4 Å². The van der Waals surface area contributed by atoms with Crippen molar-refractivity contribution in [2.45, 2.75) is 63.5 Å². The Bertz CT molecular complexity index is 807. The maximum atomic E-state index is 14.1. The summed E-state index contributed by atoms with van der Waals surface area (Å²) in [6.07, 6.45) is 8.18. The van der Waals surface area contributed by atoms with Crippen molar-refractivity contribution in [1.29, 1.82) is 0 Å². The SMILES string of the molecule is CC(C)(F)c1nc(C23CCCC(C2)C(CNc2ccnc(Cl)n2)CC3)no1. The van der Waals surface area contributed by atoms with Crippen LogP contribution in [0.25, 0.3) is 0 Å². The first-order chi connectivity index (χ1) is 12.9. The molecule has 27 heavy (non-hydrogen) atoms. The molecule has 4 rings (SSSR count). The molecule has 1 N–H and O–H groups in total. The largest absolute Gasteiger partial charge is 0.370 e. The van der Waals surface area contributed by atoms with E-state index in [1.165, 1.54) is 20.3 Å². The highest BCUT2D eigenvalue weighted by molar-refractivity contribution is 6.28. The Kier molecular flexibility index (Phi) is 4.82. The average molecular weight is 394 g/mol. The standard InChI is InChI=1S/C19H25ClFN5O/c1-18(2,21)16-25-15(26-27-16)19-7-3-4-12(10-19)13(5-8-19)11-23-14-6-9-22-17(20)24-14/h6,9,12-13H,3-5,7-8,10-11H2,1-2H3,(H,22,23,24). The molecule has 0 amide bonds. The predicted octanol–water partition coefficient (Wildman–Crippen LogP) is 4.67. The maximum absolute atomic E-state index is 14.1. The van der Waals surface area contributed by atoms with Gasteiger partial charge >= 0.3 is 0 Å². The van der Waals surface area contributed by atoms with Crippen LogP contribution in [-0.2, 0) is 11.1 Å². The Labute approximate surface area is 163 Å². The van der Waals surface area contributed by atoms with Crippen LogP contribution >= 0.6 is 11.6 Å². The first-order valence-corrected chi connectivity index (χ1v) is 10.00. The molecule has 3 atom stereocenters. The van der Waals surface area contributed by atoms with Crippen molar-refractivity contribution in [1.82, 2.24) is 20.1 Å². The van der Waals surface area contributed by atoms with E-state index in [2.05, 4.69) is 25.4 Å². The van der Waals surface area contributed by atoms with Gasteiger partial charge in [-0.05, 0) is 69.0 Å². The summed E-state index contributed by atoms with van der Waals surface area (Å²) in [6, 6.07) is 1.83. The van der Waals surface area contributed by atoms with Crippen molar-refractivity contribution in [2.75, 3.05) is 11.9 Å². The van der Waals surface area contributed by atoms with E-state index in [-0.39, 0.29) is 16.6 Å². The van der Waals surface area contributed by atoms with Gasteiger partial charge in [-0.1, -0.05) is 18.0 Å². The zero-order valence-electron chi connectivity index (χ0n) is 15.7. The van der Waals surface area contributed by atoms with E-state index in [9.17, 15) is 4.39 Å². The summed E-state index contributed by atoms with van der Waals surface area (Å²) >= 11 is 5.86. The molecule has 2 bridgehead atoms. The van der Waals surface area contributed by atoms with E-state index in [0.717, 1.165) is 44.5 Å². The van der Waals surface area contributed by atoms with Crippen LogP contribution in [0.4, 0.5) is 10.2 Å². The second kappa shape index (κ2) is 7.00. The van der Waals surface area contributed by atoms with Crippen LogP contribution in [0.15, 0.2) is 16.8 Å². The fourth-order valence-corrected chi connectivity index (χ4v) is 4.82. The maximum Gasteiger partial charge on any atom is 0.263 e. The summed E-state index contributed by atoms with van der Waals surface area (Å²) < 4.78 is 19.4. The molecule has 0 aromatic carbocycles. The summed E-state index contributed by atoms with van der Waals surface area (Å²) in [5.41, 5.74) is -1.67. The van der Waals surface area contributed by atoms with Gasteiger partial charge in [0.15, 0.2) is 11.5 Å². The number of anilines is 1. The van der Waals surface area contributed by atoms with E-state index in [1.54, 1.807) is 6.20 Å². The highest BCUT2D eigenvalue weighted by Gasteiger charge is 2.47. The third-order valence-corrected chi connectivity index (χ3v) is 6.31. The topological polar surface area (TPSA) is 76.7 Å². The van der Waals surface area contributed by atoms with Crippen LogP contribution < -0.4 is 5.32 Å². The zero-order valence-corrected chi connectivity index (χ0v) is 16.5. The van der Waals surface area contributed by atoms with Gasteiger partial charge in [0.1, 0.15) is 5.82 Å². The summed E-state index contributed by atoms with van der Waals surface area (Å²) in [5, 5.41) is 7.83. The molecule has 0 saturated heterocycles. The first kappa shape index (κ1) is 18.6. The van der Waals surface area contributed by atoms with Crippen molar-refractivity contribution in [2.24, 2.45) is 11.8 Å². The Morgan fingerprint density at radius 2 is 2.19 bits per heavy atom. The quantitative estimate of drug-likeness (QED) is 0.744. The van der Waals surface area contributed by atoms with Crippen LogP contribution in [0.2, 0.25) is 5.28 Å². The average Bonchev–Trinajstić information content (AvgIpc) is 3.13. The third kappa shape index (κ3) is 3.79. The van der Waals surface area contributed by atoms with Gasteiger partial charge in [0, 0.05) is 18.2 Å². The lowest BCUT2D eigenvalue weighted by Gasteiger charge is -2.47. The number of aromatic nitrogens is 4. The van der Waals surface area contributed by atoms with Gasteiger partial charge in [0.2, 0.25) is 5.28 Å². The Morgan fingerprint density at radius 1 is 1.33 bits per heavy atom. The Morgan fingerprint density at radius 3 is 2.93 bits per heavy atom. The van der Waals surface area contributed by atoms with Crippen molar-refractivity contribution >= 4 is 17.4 Å². The minimum Gasteiger partial charge on any atom is -0.370 e. The van der Waals surface area contributed by atoms with Crippen LogP contribution in [0.1, 0.15) is 64.1 Å². The molecule has 2 aliphatic carbocycles. The molecule has 2 aliphatic rings. The molecule has 8 heteroatoms. The highest BCUT2D eigenvalue weighted by Crippen LogP contribution is 2.52. The normalized spacial score (nSPS) is 28.1. The summed E-state index contributed by atoms with van der Waals surface area (Å²) in [6.45, 7) is 3.77. The summed E-state index contributed by atoms with van der Waals surface area (Å²) in [5.74, 6) is 2.70. The van der Waals surface area contributed by atoms with Crippen LogP contribution in [0.5, 0.6) is 0 Å². The monoisotopic (exact) mass is 393 g/mol. The fraction of sp³-hybridized carbons (Fsp3) is 0.684. The van der Waals surface area contributed by atoms with Crippen LogP contribution in [0.3, 0.4) is 0 Å². The second-order valence-corrected chi connectivity index (χ2v) is 8.76. The van der Waals surface area contributed by atoms with Crippen molar-refractivity contribution < 1.29 is 8.91 Å². The first-order valence-electron chi connectivity index (χ1n) is 9.62. The Balaban J connectivity index is 1.45. The number of halogens is 2. The van der Waals surface area contributed by atoms with E-state index in [1.807, 2.05) is 6.07 Å². The molecule has 0 radical (unpaired) electrons. The number of nitrogens with one attached hydrogen (secondary N) is 1. The van der Waals surface area contributed by atoms with Gasteiger partial charge in [-0.3, -0.25) is 0 Å². The number of nitrogens with zero attached hydrogens (tertiary/aromatic N) is 4. The molecule has 2 saturated carbocycles. The smallest absolute Gasteiger partial charge is 0.263 e. The van der Waals surface area contributed by atoms with E-state index in [4.69, 9.17) is 16.1 Å². The van der Waals surface area contributed by atoms with E-state index >= 15 is 0 Å². The molecular weight excluding hydrogens is 369 g/mol. The van der Waals surface area contributed by atoms with Gasteiger partial charge in [0.25, 0.3) is 5.89 Å². The van der Waals surface area contributed by atoms with Crippen LogP contribution in [-0.4, -0.2) is 26.7 Å². The highest BCUT2D eigenvalue weighted by atomic mass is 35.5. The minimum absolute atomic E-state index is 0.0648. The van der Waals surface area contributed by atoms with Crippen LogP contribution in [0, 0.1) is 11.8 Å². The molecule has 3 unspecified atom stereocenters. The molecular formula is C19H25ClFN5O. The molecule has 2 aromatic rings. The van der Waals surface area contributed by atoms with Crippen molar-refractivity contribution in [3.05, 3.63) is 29.3 Å². The fourth-order valence-electron chi connectivity index (χ4n) is 4.67. The molecule has 2 aromatic heterocycles. The lowest BCUT2D eigenvalue weighted by molar-refractivity contribution is 0.0896. The molecule has 6 nitrogen and oxygen atoms in total. The van der Waals surface area contributed by atoms with Gasteiger partial charge < -0.3 is 9.84 Å². The minimum atomic E-state index is -1.60. The number of fused-ring (bicyclic) bond motifs is 2. The number of alkyl halides is 1. The summed E-state index contributed by atoms with van der Waals surface area (Å²) in [7, 11) is 0.